The Bertz CT molecular complexity index is 999. The van der Waals surface area contributed by atoms with Crippen molar-refractivity contribution in [3.05, 3.63) is 65.7 Å². The number of piperazine rings is 1. The predicted octanol–water partition coefficient (Wildman–Crippen LogP) is 4.50. The Morgan fingerprint density at radius 1 is 1.06 bits per heavy atom. The molecule has 0 unspecified atom stereocenters. The lowest BCUT2D eigenvalue weighted by molar-refractivity contribution is -0.130. The van der Waals surface area contributed by atoms with Gasteiger partial charge in [0.15, 0.2) is 0 Å². The number of hydrogen-bond donors (Lipinski definition) is 1. The van der Waals surface area contributed by atoms with Gasteiger partial charge in [0, 0.05) is 63.5 Å². The number of amides is 3. The van der Waals surface area contributed by atoms with Crippen LogP contribution in [-0.4, -0.2) is 79.6 Å². The molecule has 1 saturated heterocycles. The Balaban J connectivity index is 1.49. The molecule has 0 atom stereocenters. The lowest BCUT2D eigenvalue weighted by atomic mass is 10.2. The van der Waals surface area contributed by atoms with E-state index in [4.69, 9.17) is 4.74 Å². The highest BCUT2D eigenvalue weighted by Crippen LogP contribution is 2.19. The maximum absolute atomic E-state index is 12.7. The number of nitrogens with zero attached hydrogens (tertiary/aromatic N) is 3. The van der Waals surface area contributed by atoms with Gasteiger partial charge in [0.2, 0.25) is 5.91 Å². The molecule has 0 radical (unpaired) electrons. The molecule has 1 heterocycles. The molecule has 7 nitrogen and oxygen atoms in total. The maximum atomic E-state index is 12.7. The quantitative estimate of drug-likeness (QED) is 0.546. The number of ether oxygens (including phenoxy) is 1. The van der Waals surface area contributed by atoms with Crippen molar-refractivity contribution >= 4 is 23.7 Å². The lowest BCUT2D eigenvalue weighted by Gasteiger charge is -2.35. The van der Waals surface area contributed by atoms with Crippen LogP contribution < -0.4 is 10.1 Å². The second-order valence-electron chi connectivity index (χ2n) is 8.81. The van der Waals surface area contributed by atoms with Crippen LogP contribution in [0.1, 0.15) is 30.9 Å². The summed E-state index contributed by atoms with van der Waals surface area (Å²) in [6.45, 7) is 9.00. The van der Waals surface area contributed by atoms with E-state index in [0.29, 0.717) is 32.6 Å². The molecule has 0 bridgehead atoms. The number of aryl methyl sites for hydroxylation is 1. The summed E-state index contributed by atoms with van der Waals surface area (Å²) >= 11 is 0. The van der Waals surface area contributed by atoms with E-state index >= 15 is 0 Å². The zero-order valence-electron chi connectivity index (χ0n) is 21.2. The van der Waals surface area contributed by atoms with Crippen molar-refractivity contribution in [3.8, 4) is 5.75 Å². The van der Waals surface area contributed by atoms with E-state index in [1.807, 2.05) is 84.3 Å². The molecule has 1 aliphatic heterocycles. The number of para-hydroxylation sites is 2. The number of carbonyl (C=O) groups is 2. The van der Waals surface area contributed by atoms with Gasteiger partial charge in [-0.15, -0.1) is 0 Å². The number of benzene rings is 2. The summed E-state index contributed by atoms with van der Waals surface area (Å²) in [5, 5.41) is 3.02. The van der Waals surface area contributed by atoms with Gasteiger partial charge in [-0.2, -0.15) is 0 Å². The molecule has 1 fully saturated rings. The van der Waals surface area contributed by atoms with Crippen LogP contribution in [-0.2, 0) is 4.79 Å². The smallest absolute Gasteiger partial charge is 0.321 e. The van der Waals surface area contributed by atoms with E-state index < -0.39 is 0 Å². The van der Waals surface area contributed by atoms with E-state index in [1.54, 1.807) is 7.11 Å². The van der Waals surface area contributed by atoms with Gasteiger partial charge in [0.05, 0.1) is 7.11 Å². The van der Waals surface area contributed by atoms with Crippen LogP contribution in [0.5, 0.6) is 5.75 Å². The van der Waals surface area contributed by atoms with Crippen LogP contribution in [0, 0.1) is 6.92 Å². The van der Waals surface area contributed by atoms with E-state index in [0.717, 1.165) is 48.6 Å². The topological polar surface area (TPSA) is 65.1 Å². The lowest BCUT2D eigenvalue weighted by Crippen LogP contribution is -2.51. The minimum absolute atomic E-state index is 0.0554. The standard InChI is InChI=1S/C28H38N4O3/c1-4-10-27(33)31(16-9-13-24-12-6-8-15-26(24)35-3)20-17-30-18-21-32(22-19-30)28(34)29-25-14-7-5-11-23(25)2/h5-9,11-15H,4,10,16-22H2,1-3H3,(H,29,34)/b13-9+. The second-order valence-corrected chi connectivity index (χ2v) is 8.81. The van der Waals surface area contributed by atoms with Gasteiger partial charge in [0.25, 0.3) is 0 Å². The summed E-state index contributed by atoms with van der Waals surface area (Å²) in [7, 11) is 1.66. The van der Waals surface area contributed by atoms with Crippen LogP contribution in [0.4, 0.5) is 10.5 Å². The fourth-order valence-electron chi connectivity index (χ4n) is 4.14. The average molecular weight is 479 g/mol. The third-order valence-corrected chi connectivity index (χ3v) is 6.31. The fourth-order valence-corrected chi connectivity index (χ4v) is 4.14. The summed E-state index contributed by atoms with van der Waals surface area (Å²) in [5.74, 6) is 0.993. The number of carbonyl (C=O) groups excluding carboxylic acids is 2. The molecule has 3 rings (SSSR count). The Kier molecular flexibility index (Phi) is 10.2. The largest absolute Gasteiger partial charge is 0.496 e. The van der Waals surface area contributed by atoms with Crippen molar-refractivity contribution in [1.82, 2.24) is 14.7 Å². The zero-order chi connectivity index (χ0) is 25.0. The van der Waals surface area contributed by atoms with Crippen molar-refractivity contribution in [2.45, 2.75) is 26.7 Å². The van der Waals surface area contributed by atoms with Gasteiger partial charge in [0.1, 0.15) is 5.75 Å². The summed E-state index contributed by atoms with van der Waals surface area (Å²) in [6, 6.07) is 15.6. The highest BCUT2D eigenvalue weighted by Gasteiger charge is 2.22. The molecule has 188 valence electrons. The van der Waals surface area contributed by atoms with Crippen LogP contribution in [0.25, 0.3) is 6.08 Å². The van der Waals surface area contributed by atoms with Crippen molar-refractivity contribution < 1.29 is 14.3 Å². The van der Waals surface area contributed by atoms with Gasteiger partial charge in [-0.25, -0.2) is 4.79 Å². The fraction of sp³-hybridized carbons (Fsp3) is 0.429. The van der Waals surface area contributed by atoms with Gasteiger partial charge >= 0.3 is 6.03 Å². The van der Waals surface area contributed by atoms with Crippen LogP contribution in [0.15, 0.2) is 54.6 Å². The average Bonchev–Trinajstić information content (AvgIpc) is 2.88. The molecule has 35 heavy (non-hydrogen) atoms. The first-order valence-corrected chi connectivity index (χ1v) is 12.4. The highest BCUT2D eigenvalue weighted by molar-refractivity contribution is 5.90. The molecule has 2 aromatic carbocycles. The zero-order valence-corrected chi connectivity index (χ0v) is 21.2. The number of nitrogens with one attached hydrogen (secondary N) is 1. The summed E-state index contributed by atoms with van der Waals surface area (Å²) in [5.41, 5.74) is 2.90. The maximum Gasteiger partial charge on any atom is 0.321 e. The first-order chi connectivity index (χ1) is 17.0. The van der Waals surface area contributed by atoms with Crippen LogP contribution in [0.3, 0.4) is 0 Å². The number of hydrogen-bond acceptors (Lipinski definition) is 4. The van der Waals surface area contributed by atoms with Gasteiger partial charge in [-0.05, 0) is 31.0 Å². The molecular weight excluding hydrogens is 440 g/mol. The Hall–Kier alpha value is -3.32. The summed E-state index contributed by atoms with van der Waals surface area (Å²) in [4.78, 5) is 31.5. The number of methoxy groups -OCH3 is 1. The van der Waals surface area contributed by atoms with E-state index in [2.05, 4.69) is 10.2 Å². The van der Waals surface area contributed by atoms with Crippen molar-refractivity contribution in [2.75, 3.05) is 58.2 Å². The van der Waals surface area contributed by atoms with E-state index in [-0.39, 0.29) is 11.9 Å². The molecule has 0 aromatic heterocycles. The van der Waals surface area contributed by atoms with Crippen LogP contribution in [0.2, 0.25) is 0 Å². The van der Waals surface area contributed by atoms with Gasteiger partial charge in [-0.1, -0.05) is 55.5 Å². The molecule has 3 amide bonds. The molecular formula is C28H38N4O3. The first kappa shape index (κ1) is 26.3. The minimum Gasteiger partial charge on any atom is -0.496 e. The summed E-state index contributed by atoms with van der Waals surface area (Å²) < 4.78 is 5.41. The monoisotopic (exact) mass is 478 g/mol. The molecule has 0 spiro atoms. The molecule has 0 saturated carbocycles. The normalized spacial score (nSPS) is 14.2. The van der Waals surface area contributed by atoms with Crippen molar-refractivity contribution in [3.63, 3.8) is 0 Å². The molecule has 0 aliphatic carbocycles. The van der Waals surface area contributed by atoms with Gasteiger partial charge in [-0.3, -0.25) is 9.69 Å². The van der Waals surface area contributed by atoms with Crippen molar-refractivity contribution in [1.29, 1.82) is 0 Å². The first-order valence-electron chi connectivity index (χ1n) is 12.4. The molecule has 2 aromatic rings. The Morgan fingerprint density at radius 3 is 2.49 bits per heavy atom. The summed E-state index contributed by atoms with van der Waals surface area (Å²) in [6.07, 6.45) is 5.42. The second kappa shape index (κ2) is 13.5. The number of rotatable bonds is 10. The van der Waals surface area contributed by atoms with Crippen molar-refractivity contribution in [2.24, 2.45) is 0 Å². The predicted molar refractivity (Wildman–Crippen MR) is 142 cm³/mol. The SMILES string of the molecule is CCCC(=O)N(C/C=C/c1ccccc1OC)CCN1CCN(C(=O)Nc2ccccc2C)CC1. The van der Waals surface area contributed by atoms with Crippen LogP contribution >= 0.6 is 0 Å². The van der Waals surface area contributed by atoms with Gasteiger partial charge < -0.3 is 19.9 Å². The van der Waals surface area contributed by atoms with E-state index in [9.17, 15) is 9.59 Å². The molecule has 1 N–H and O–H groups in total. The highest BCUT2D eigenvalue weighted by atomic mass is 16.5. The third kappa shape index (κ3) is 7.86. The molecule has 7 heteroatoms. The number of anilines is 1. The minimum atomic E-state index is -0.0554. The van der Waals surface area contributed by atoms with E-state index in [1.165, 1.54) is 0 Å². The Morgan fingerprint density at radius 2 is 1.77 bits per heavy atom. The number of urea groups is 1. The Labute approximate surface area is 209 Å². The molecule has 1 aliphatic rings. The third-order valence-electron chi connectivity index (χ3n) is 6.31.